The fraction of sp³-hybridized carbons (Fsp3) is 0.0333. The van der Waals surface area contributed by atoms with E-state index < -0.39 is 16.2 Å². The van der Waals surface area contributed by atoms with Crippen LogP contribution in [0.4, 0.5) is 0 Å². The summed E-state index contributed by atoms with van der Waals surface area (Å²) >= 11 is 0. The minimum Gasteiger partial charge on any atom is -0.293 e. The Morgan fingerprint density at radius 1 is 0.605 bits per heavy atom. The van der Waals surface area contributed by atoms with Gasteiger partial charge in [0.25, 0.3) is 0 Å². The molecule has 0 atom stereocenters. The number of hydrogen-bond donors (Lipinski definition) is 0. The summed E-state index contributed by atoms with van der Waals surface area (Å²) in [6.45, 7) is 0. The normalized spacial score (nSPS) is 11.1. The first kappa shape index (κ1) is 26.8. The molecule has 0 unspecified atom stereocenters. The van der Waals surface area contributed by atoms with Crippen LogP contribution in [0, 0.1) is 10.2 Å². The van der Waals surface area contributed by atoms with Crippen molar-refractivity contribution in [3.05, 3.63) is 138 Å². The van der Waals surface area contributed by atoms with E-state index in [2.05, 4.69) is 0 Å². The fourth-order valence-corrected chi connectivity index (χ4v) is 4.08. The van der Waals surface area contributed by atoms with E-state index in [-0.39, 0.29) is 11.6 Å². The van der Waals surface area contributed by atoms with Gasteiger partial charge in [0.2, 0.25) is 0 Å². The Morgan fingerprint density at radius 3 is 1.53 bits per heavy atom. The highest BCUT2D eigenvalue weighted by atomic mass is 35.7. The second-order valence-electron chi connectivity index (χ2n) is 8.20. The SMILES string of the molecule is O=C(c1ccccc1)C(C(=O)c1ccccc1)c1cc(-c2ccccc2)[o+]c2ccccc12.[O-][Cl+3]([O-])([O-])[O-]. The highest BCUT2D eigenvalue weighted by molar-refractivity contribution is 6.21. The van der Waals surface area contributed by atoms with Crippen molar-refractivity contribution in [2.24, 2.45) is 0 Å². The molecule has 38 heavy (non-hydrogen) atoms. The molecule has 0 N–H and O–H groups in total. The maximum atomic E-state index is 13.8. The monoisotopic (exact) mass is 528 g/mol. The molecule has 0 spiro atoms. The Morgan fingerprint density at radius 2 is 1.03 bits per heavy atom. The lowest BCUT2D eigenvalue weighted by atomic mass is 9.82. The van der Waals surface area contributed by atoms with Gasteiger partial charge in [-0.25, -0.2) is 23.1 Å². The molecule has 0 saturated carbocycles. The number of Topliss-reactive ketones (excluding diaryl/α,β-unsaturated/α-hetero) is 2. The molecule has 0 fully saturated rings. The third-order valence-corrected chi connectivity index (χ3v) is 5.71. The van der Waals surface area contributed by atoms with Crippen LogP contribution in [0.1, 0.15) is 32.2 Å². The van der Waals surface area contributed by atoms with E-state index in [4.69, 9.17) is 23.1 Å². The summed E-state index contributed by atoms with van der Waals surface area (Å²) < 4.78 is 40.2. The van der Waals surface area contributed by atoms with Gasteiger partial charge in [0.15, 0.2) is 11.6 Å². The average molecular weight is 529 g/mol. The van der Waals surface area contributed by atoms with Gasteiger partial charge in [0.05, 0.1) is 10.9 Å². The van der Waals surface area contributed by atoms with Gasteiger partial charge in [-0.1, -0.05) is 91.0 Å². The van der Waals surface area contributed by atoms with Crippen LogP contribution in [0.5, 0.6) is 0 Å². The molecule has 0 radical (unpaired) electrons. The Balaban J connectivity index is 0.000000617. The highest BCUT2D eigenvalue weighted by Gasteiger charge is 2.34. The molecular weight excluding hydrogens is 508 g/mol. The molecule has 1 heterocycles. The molecule has 4 aromatic carbocycles. The Bertz CT molecular complexity index is 1480. The van der Waals surface area contributed by atoms with Crippen LogP contribution in [-0.4, -0.2) is 11.6 Å². The first-order valence-corrected chi connectivity index (χ1v) is 12.7. The predicted molar refractivity (Wildman–Crippen MR) is 130 cm³/mol. The molecule has 0 aliphatic carbocycles. The number of halogens is 1. The second-order valence-corrected chi connectivity index (χ2v) is 8.96. The molecule has 0 amide bonds. The van der Waals surface area contributed by atoms with E-state index in [9.17, 15) is 9.59 Å². The Labute approximate surface area is 220 Å². The van der Waals surface area contributed by atoms with Crippen LogP contribution in [0.2, 0.25) is 0 Å². The third kappa shape index (κ3) is 6.74. The van der Waals surface area contributed by atoms with Crippen molar-refractivity contribution in [2.75, 3.05) is 0 Å². The summed E-state index contributed by atoms with van der Waals surface area (Å²) in [6.07, 6.45) is 0. The van der Waals surface area contributed by atoms with Crippen LogP contribution in [0.3, 0.4) is 0 Å². The molecule has 0 aliphatic rings. The largest absolute Gasteiger partial charge is 0.361 e. The Kier molecular flexibility index (Phi) is 8.38. The van der Waals surface area contributed by atoms with Crippen LogP contribution < -0.4 is 18.6 Å². The van der Waals surface area contributed by atoms with E-state index in [1.807, 2.05) is 97.1 Å². The van der Waals surface area contributed by atoms with Gasteiger partial charge < -0.3 is 0 Å². The molecule has 5 rings (SSSR count). The van der Waals surface area contributed by atoms with Gasteiger partial charge in [0.1, 0.15) is 5.92 Å². The highest BCUT2D eigenvalue weighted by Crippen LogP contribution is 2.35. The number of ketones is 2. The lowest BCUT2D eigenvalue weighted by Gasteiger charge is -2.17. The molecule has 0 aliphatic heterocycles. The molecule has 190 valence electrons. The number of benzene rings is 4. The van der Waals surface area contributed by atoms with E-state index in [1.165, 1.54) is 0 Å². The fourth-order valence-electron chi connectivity index (χ4n) is 4.08. The zero-order chi connectivity index (χ0) is 27.1. The van der Waals surface area contributed by atoms with Crippen molar-refractivity contribution in [3.63, 3.8) is 0 Å². The standard InChI is InChI=1S/C30H21O3.ClHO4/c31-29(22-14-6-2-7-15-22)28(30(32)23-16-8-3-9-17-23)25-20-27(21-12-4-1-5-13-21)33-26-19-11-10-18-24(25)26;2-1(3,4)5/h1-20,28H;(H,2,3,4,5)/q+1;/p-1. The average Bonchev–Trinajstić information content (AvgIpc) is 2.93. The summed E-state index contributed by atoms with van der Waals surface area (Å²) in [5.41, 5.74) is 3.14. The van der Waals surface area contributed by atoms with Crippen molar-refractivity contribution < 1.29 is 42.9 Å². The van der Waals surface area contributed by atoms with Gasteiger partial charge in [-0.05, 0) is 23.8 Å². The number of rotatable bonds is 6. The molecule has 8 heteroatoms. The molecule has 1 aromatic heterocycles. The third-order valence-electron chi connectivity index (χ3n) is 5.71. The lowest BCUT2D eigenvalue weighted by Crippen LogP contribution is -2.68. The predicted octanol–water partition coefficient (Wildman–Crippen LogP) is 2.47. The number of carbonyl (C=O) groups is 2. The van der Waals surface area contributed by atoms with Crippen LogP contribution in [0.25, 0.3) is 22.3 Å². The topological polar surface area (TPSA) is 138 Å². The number of para-hydroxylation sites is 1. The van der Waals surface area contributed by atoms with Crippen molar-refractivity contribution in [2.45, 2.75) is 5.92 Å². The molecule has 7 nitrogen and oxygen atoms in total. The smallest absolute Gasteiger partial charge is 0.293 e. The zero-order valence-electron chi connectivity index (χ0n) is 19.9. The van der Waals surface area contributed by atoms with E-state index >= 15 is 0 Å². The first-order valence-electron chi connectivity index (χ1n) is 11.4. The van der Waals surface area contributed by atoms with Crippen LogP contribution >= 0.6 is 0 Å². The zero-order valence-corrected chi connectivity index (χ0v) is 20.6. The molecule has 0 saturated heterocycles. The molecule has 0 bridgehead atoms. The van der Waals surface area contributed by atoms with Crippen LogP contribution in [-0.2, 0) is 0 Å². The van der Waals surface area contributed by atoms with E-state index in [1.54, 1.807) is 24.3 Å². The van der Waals surface area contributed by atoms with Crippen LogP contribution in [0.15, 0.2) is 126 Å². The van der Waals surface area contributed by atoms with Crippen molar-refractivity contribution in [3.8, 4) is 11.3 Å². The van der Waals surface area contributed by atoms with Crippen molar-refractivity contribution in [1.29, 1.82) is 0 Å². The quantitative estimate of drug-likeness (QED) is 0.187. The summed E-state index contributed by atoms with van der Waals surface area (Å²) in [5, 5.41) is 0.746. The van der Waals surface area contributed by atoms with Gasteiger partial charge in [-0.15, -0.1) is 10.2 Å². The maximum absolute atomic E-state index is 13.8. The summed E-state index contributed by atoms with van der Waals surface area (Å²) in [5.74, 6) is -0.866. The first-order chi connectivity index (χ1) is 18.2. The van der Waals surface area contributed by atoms with Gasteiger partial charge in [0, 0.05) is 23.3 Å². The maximum Gasteiger partial charge on any atom is 0.361 e. The van der Waals surface area contributed by atoms with Crippen molar-refractivity contribution >= 4 is 22.5 Å². The van der Waals surface area contributed by atoms with Gasteiger partial charge in [-0.2, -0.15) is 0 Å². The van der Waals surface area contributed by atoms with E-state index in [0.29, 0.717) is 28.0 Å². The number of hydrogen-bond acceptors (Lipinski definition) is 6. The summed E-state index contributed by atoms with van der Waals surface area (Å²) in [7, 11) is -4.94. The molecule has 5 aromatic rings. The second kappa shape index (κ2) is 11.9. The molecular formula is C30H21ClO7. The number of carbonyl (C=O) groups excluding carboxylic acids is 2. The lowest BCUT2D eigenvalue weighted by molar-refractivity contribution is -2.00. The minimum atomic E-state index is -4.94. The van der Waals surface area contributed by atoms with Crippen molar-refractivity contribution in [1.82, 2.24) is 0 Å². The van der Waals surface area contributed by atoms with Gasteiger partial charge in [-0.3, -0.25) is 9.59 Å². The summed E-state index contributed by atoms with van der Waals surface area (Å²) in [6, 6.07) is 37.0. The number of fused-ring (bicyclic) bond motifs is 1. The Hall–Kier alpha value is -4.24. The summed E-state index contributed by atoms with van der Waals surface area (Å²) in [4.78, 5) is 27.6. The minimum absolute atomic E-state index is 0.236. The van der Waals surface area contributed by atoms with E-state index in [0.717, 1.165) is 10.9 Å². The van der Waals surface area contributed by atoms with Gasteiger partial charge >= 0.3 is 11.3 Å².